The average molecular weight is 214 g/mol. The summed E-state index contributed by atoms with van der Waals surface area (Å²) < 4.78 is 0. The first-order valence-corrected chi connectivity index (χ1v) is 5.20. The lowest BCUT2D eigenvalue weighted by Gasteiger charge is -2.03. The van der Waals surface area contributed by atoms with E-state index in [9.17, 15) is 14.4 Å². The monoisotopic (exact) mass is 214 g/mol. The second-order valence-electron chi connectivity index (χ2n) is 3.24. The van der Waals surface area contributed by atoms with Crippen LogP contribution in [0, 0.1) is 0 Å². The van der Waals surface area contributed by atoms with Gasteiger partial charge in [-0.25, -0.2) is 0 Å². The number of rotatable bonds is 8. The van der Waals surface area contributed by atoms with Crippen LogP contribution in [0.1, 0.15) is 32.6 Å². The molecule has 0 heterocycles. The Morgan fingerprint density at radius 3 is 2.53 bits per heavy atom. The van der Waals surface area contributed by atoms with Gasteiger partial charge in [0.15, 0.2) is 0 Å². The predicted molar refractivity (Wildman–Crippen MR) is 56.2 cm³/mol. The number of unbranched alkanes of at least 4 members (excludes halogenated alkanes) is 2. The number of hydrogen-bond donors (Lipinski definition) is 2. The Kier molecular flexibility index (Phi) is 8.56. The minimum Gasteiger partial charge on any atom is -0.316 e. The van der Waals surface area contributed by atoms with Gasteiger partial charge in [-0.15, -0.1) is 0 Å². The molecule has 0 fully saturated rings. The van der Waals surface area contributed by atoms with Crippen molar-refractivity contribution in [2.75, 3.05) is 13.1 Å². The van der Waals surface area contributed by atoms with Gasteiger partial charge in [0.2, 0.25) is 12.2 Å². The van der Waals surface area contributed by atoms with Gasteiger partial charge in [0, 0.05) is 13.0 Å². The summed E-state index contributed by atoms with van der Waals surface area (Å²) in [7, 11) is 0. The molecule has 5 nitrogen and oxygen atoms in total. The van der Waals surface area contributed by atoms with E-state index in [1.807, 2.05) is 5.32 Å². The molecule has 2 amide bonds. The lowest BCUT2D eigenvalue weighted by molar-refractivity contribution is -0.136. The molecule has 15 heavy (non-hydrogen) atoms. The van der Waals surface area contributed by atoms with Crippen LogP contribution >= 0.6 is 0 Å². The van der Waals surface area contributed by atoms with Crippen molar-refractivity contribution in [2.45, 2.75) is 32.6 Å². The topological polar surface area (TPSA) is 75.3 Å². The summed E-state index contributed by atoms with van der Waals surface area (Å²) in [5, 5.41) is 5.03. The normalized spacial score (nSPS) is 9.67. The van der Waals surface area contributed by atoms with E-state index in [1.165, 1.54) is 6.42 Å². The van der Waals surface area contributed by atoms with Gasteiger partial charge in [-0.05, 0) is 13.0 Å². The molecule has 0 bridgehead atoms. The summed E-state index contributed by atoms with van der Waals surface area (Å²) >= 11 is 0. The number of aldehydes is 1. The first-order chi connectivity index (χ1) is 7.20. The summed E-state index contributed by atoms with van der Waals surface area (Å²) in [6.45, 7) is 3.53. The molecule has 0 aromatic rings. The van der Waals surface area contributed by atoms with E-state index in [1.54, 1.807) is 0 Å². The summed E-state index contributed by atoms with van der Waals surface area (Å²) in [6.07, 6.45) is 3.72. The van der Waals surface area contributed by atoms with Crippen LogP contribution in [0.15, 0.2) is 0 Å². The lowest BCUT2D eigenvalue weighted by atomic mass is 10.2. The largest absolute Gasteiger partial charge is 0.316 e. The van der Waals surface area contributed by atoms with Crippen LogP contribution in [0.25, 0.3) is 0 Å². The molecular formula is C10H18N2O3. The molecule has 0 radical (unpaired) electrons. The lowest BCUT2D eigenvalue weighted by Crippen LogP contribution is -2.33. The van der Waals surface area contributed by atoms with Crippen LogP contribution in [-0.4, -0.2) is 31.2 Å². The van der Waals surface area contributed by atoms with Crippen molar-refractivity contribution in [3.05, 3.63) is 0 Å². The van der Waals surface area contributed by atoms with Gasteiger partial charge in [-0.2, -0.15) is 0 Å². The van der Waals surface area contributed by atoms with Crippen molar-refractivity contribution in [2.24, 2.45) is 0 Å². The number of amides is 2. The molecule has 0 aliphatic rings. The second kappa shape index (κ2) is 9.33. The molecule has 86 valence electrons. The molecule has 0 atom stereocenters. The van der Waals surface area contributed by atoms with Crippen LogP contribution in [0.3, 0.4) is 0 Å². The quantitative estimate of drug-likeness (QED) is 0.339. The summed E-state index contributed by atoms with van der Waals surface area (Å²) in [4.78, 5) is 31.4. The Morgan fingerprint density at radius 1 is 1.20 bits per heavy atom. The van der Waals surface area contributed by atoms with Gasteiger partial charge in [0.05, 0.1) is 0 Å². The molecular weight excluding hydrogens is 196 g/mol. The van der Waals surface area contributed by atoms with Crippen molar-refractivity contribution in [1.82, 2.24) is 10.6 Å². The molecule has 0 aromatic heterocycles. The summed E-state index contributed by atoms with van der Waals surface area (Å²) in [5.41, 5.74) is 0. The van der Waals surface area contributed by atoms with Crippen LogP contribution < -0.4 is 10.6 Å². The molecule has 0 unspecified atom stereocenters. The van der Waals surface area contributed by atoms with Crippen molar-refractivity contribution < 1.29 is 14.4 Å². The maximum atomic E-state index is 11.0. The van der Waals surface area contributed by atoms with Gasteiger partial charge in [-0.3, -0.25) is 19.7 Å². The van der Waals surface area contributed by atoms with E-state index in [-0.39, 0.29) is 12.7 Å². The Bertz CT molecular complexity index is 217. The Hall–Kier alpha value is -1.23. The van der Waals surface area contributed by atoms with E-state index in [2.05, 4.69) is 12.2 Å². The highest BCUT2D eigenvalue weighted by molar-refractivity contribution is 6.27. The zero-order chi connectivity index (χ0) is 11.5. The van der Waals surface area contributed by atoms with Gasteiger partial charge >= 0.3 is 0 Å². The molecule has 0 saturated heterocycles. The maximum Gasteiger partial charge on any atom is 0.290 e. The molecule has 0 saturated carbocycles. The minimum atomic E-state index is -0.883. The standard InChI is InChI=1S/C10H18N2O3/c1-2-3-4-6-11-7-5-9(14)12-10(15)8-13/h8,11H,2-7H2,1H3,(H,12,14,15). The predicted octanol–water partition coefficient (Wildman–Crippen LogP) is -0.00200. The second-order valence-corrected chi connectivity index (χ2v) is 3.24. The van der Waals surface area contributed by atoms with E-state index >= 15 is 0 Å². The van der Waals surface area contributed by atoms with Gasteiger partial charge < -0.3 is 5.32 Å². The molecule has 5 heteroatoms. The smallest absolute Gasteiger partial charge is 0.290 e. The van der Waals surface area contributed by atoms with Crippen molar-refractivity contribution in [1.29, 1.82) is 0 Å². The number of carbonyl (C=O) groups excluding carboxylic acids is 3. The highest BCUT2D eigenvalue weighted by Crippen LogP contribution is 1.90. The first kappa shape index (κ1) is 13.8. The van der Waals surface area contributed by atoms with Gasteiger partial charge in [-0.1, -0.05) is 19.8 Å². The summed E-state index contributed by atoms with van der Waals surface area (Å²) in [5.74, 6) is -1.30. The number of imide groups is 1. The third kappa shape index (κ3) is 9.08. The van der Waals surface area contributed by atoms with Gasteiger partial charge in [0.25, 0.3) is 5.91 Å². The van der Waals surface area contributed by atoms with E-state index in [4.69, 9.17) is 0 Å². The van der Waals surface area contributed by atoms with Crippen molar-refractivity contribution >= 4 is 18.1 Å². The van der Waals surface area contributed by atoms with Crippen LogP contribution in [0.4, 0.5) is 0 Å². The van der Waals surface area contributed by atoms with Crippen LogP contribution in [-0.2, 0) is 14.4 Å². The molecule has 0 aliphatic carbocycles. The number of nitrogens with one attached hydrogen (secondary N) is 2. The molecule has 0 aromatic carbocycles. The Morgan fingerprint density at radius 2 is 1.93 bits per heavy atom. The molecule has 0 aliphatic heterocycles. The van der Waals surface area contributed by atoms with E-state index < -0.39 is 11.8 Å². The maximum absolute atomic E-state index is 11.0. The molecule has 2 N–H and O–H groups in total. The zero-order valence-corrected chi connectivity index (χ0v) is 9.04. The molecule has 0 rings (SSSR count). The summed E-state index contributed by atoms with van der Waals surface area (Å²) in [6, 6.07) is 0. The fraction of sp³-hybridized carbons (Fsp3) is 0.700. The third-order valence-electron chi connectivity index (χ3n) is 1.86. The van der Waals surface area contributed by atoms with E-state index in [0.29, 0.717) is 6.54 Å². The van der Waals surface area contributed by atoms with E-state index in [0.717, 1.165) is 19.4 Å². The highest BCUT2D eigenvalue weighted by atomic mass is 16.2. The van der Waals surface area contributed by atoms with Crippen molar-refractivity contribution in [3.63, 3.8) is 0 Å². The Labute approximate surface area is 89.6 Å². The third-order valence-corrected chi connectivity index (χ3v) is 1.86. The van der Waals surface area contributed by atoms with Crippen molar-refractivity contribution in [3.8, 4) is 0 Å². The SMILES string of the molecule is CCCCCNCCC(=O)NC(=O)C=O. The minimum absolute atomic E-state index is 0.0899. The van der Waals surface area contributed by atoms with Crippen LogP contribution in [0.5, 0.6) is 0 Å². The van der Waals surface area contributed by atoms with Gasteiger partial charge in [0.1, 0.15) is 0 Å². The highest BCUT2D eigenvalue weighted by Gasteiger charge is 2.04. The molecule has 0 spiro atoms. The number of hydrogen-bond acceptors (Lipinski definition) is 4. The fourth-order valence-corrected chi connectivity index (χ4v) is 1.06. The fourth-order valence-electron chi connectivity index (χ4n) is 1.06. The van der Waals surface area contributed by atoms with Crippen LogP contribution in [0.2, 0.25) is 0 Å². The first-order valence-electron chi connectivity index (χ1n) is 5.20. The average Bonchev–Trinajstić information content (AvgIpc) is 2.23. The zero-order valence-electron chi connectivity index (χ0n) is 9.04. The Balaban J connectivity index is 3.31. The number of carbonyl (C=O) groups is 3.